The molecule has 0 fully saturated rings. The molecule has 0 aliphatic rings. The molecule has 0 spiro atoms. The molecule has 3 aromatic rings. The largest absolute Gasteiger partial charge is 0.488 e. The Hall–Kier alpha value is -2.85. The number of hydrogen-bond donors (Lipinski definition) is 2. The summed E-state index contributed by atoms with van der Waals surface area (Å²) >= 11 is 0. The van der Waals surface area contributed by atoms with Crippen molar-refractivity contribution in [1.82, 2.24) is 5.43 Å². The first-order valence-corrected chi connectivity index (χ1v) is 7.81. The van der Waals surface area contributed by atoms with Crippen LogP contribution in [-0.4, -0.2) is 0 Å². The van der Waals surface area contributed by atoms with Gasteiger partial charge in [-0.15, -0.1) is 0 Å². The van der Waals surface area contributed by atoms with Gasteiger partial charge < -0.3 is 10.2 Å². The second-order valence-electron chi connectivity index (χ2n) is 5.33. The van der Waals surface area contributed by atoms with E-state index in [-0.39, 0.29) is 12.4 Å². The smallest absolute Gasteiger partial charge is 0.129 e. The molecule has 3 rings (SSSR count). The van der Waals surface area contributed by atoms with Gasteiger partial charge in [-0.1, -0.05) is 54.6 Å². The Balaban J connectivity index is 1.59. The summed E-state index contributed by atoms with van der Waals surface area (Å²) < 4.78 is 19.5. The van der Waals surface area contributed by atoms with Crippen LogP contribution in [0.2, 0.25) is 0 Å². The van der Waals surface area contributed by atoms with Crippen molar-refractivity contribution in [2.75, 3.05) is 5.43 Å². The molecule has 4 heteroatoms. The summed E-state index contributed by atoms with van der Waals surface area (Å²) in [5.41, 5.74) is 8.83. The summed E-state index contributed by atoms with van der Waals surface area (Å²) in [5.74, 6) is 0.488. The molecule has 3 aromatic carbocycles. The summed E-state index contributed by atoms with van der Waals surface area (Å²) in [5, 5.41) is 0. The van der Waals surface area contributed by atoms with Gasteiger partial charge in [0.05, 0.1) is 0 Å². The molecule has 0 bridgehead atoms. The zero-order valence-electron chi connectivity index (χ0n) is 13.2. The minimum atomic E-state index is -0.251. The first-order chi connectivity index (χ1) is 11.8. The van der Waals surface area contributed by atoms with E-state index in [4.69, 9.17) is 4.74 Å². The van der Waals surface area contributed by atoms with Crippen molar-refractivity contribution in [1.29, 1.82) is 0 Å². The standard InChI is InChI=1S/C20H19FN2O/c21-19-12-6-4-9-17(19)15-24-20-13-7-5-8-16(20)14-22-23-18-10-2-1-3-11-18/h1-13,22-23H,14-15H2. The van der Waals surface area contributed by atoms with E-state index in [9.17, 15) is 4.39 Å². The van der Waals surface area contributed by atoms with E-state index in [1.807, 2.05) is 54.6 Å². The minimum Gasteiger partial charge on any atom is -0.488 e. The highest BCUT2D eigenvalue weighted by molar-refractivity contribution is 5.41. The van der Waals surface area contributed by atoms with Gasteiger partial charge in [-0.25, -0.2) is 9.82 Å². The minimum absolute atomic E-state index is 0.204. The average Bonchev–Trinajstić information content (AvgIpc) is 2.63. The van der Waals surface area contributed by atoms with Crippen molar-refractivity contribution in [3.63, 3.8) is 0 Å². The third-order valence-electron chi connectivity index (χ3n) is 3.60. The molecule has 0 heterocycles. The highest BCUT2D eigenvalue weighted by Gasteiger charge is 2.05. The number of para-hydroxylation sites is 2. The fourth-order valence-corrected chi connectivity index (χ4v) is 2.32. The van der Waals surface area contributed by atoms with Crippen LogP contribution < -0.4 is 15.6 Å². The topological polar surface area (TPSA) is 33.3 Å². The lowest BCUT2D eigenvalue weighted by atomic mass is 10.2. The molecular formula is C20H19FN2O. The Morgan fingerprint density at radius 3 is 2.21 bits per heavy atom. The van der Waals surface area contributed by atoms with E-state index in [1.165, 1.54) is 6.07 Å². The van der Waals surface area contributed by atoms with E-state index in [0.717, 1.165) is 17.0 Å². The van der Waals surface area contributed by atoms with Crippen LogP contribution in [0.25, 0.3) is 0 Å². The van der Waals surface area contributed by atoms with Gasteiger partial charge in [0.25, 0.3) is 0 Å². The van der Waals surface area contributed by atoms with Gasteiger partial charge >= 0.3 is 0 Å². The first kappa shape index (κ1) is 16.0. The number of benzene rings is 3. The summed E-state index contributed by atoms with van der Waals surface area (Å²) in [4.78, 5) is 0. The van der Waals surface area contributed by atoms with Crippen molar-refractivity contribution < 1.29 is 9.13 Å². The Bertz CT molecular complexity index is 777. The Morgan fingerprint density at radius 2 is 1.42 bits per heavy atom. The molecule has 0 amide bonds. The van der Waals surface area contributed by atoms with Crippen LogP contribution >= 0.6 is 0 Å². The highest BCUT2D eigenvalue weighted by atomic mass is 19.1. The molecule has 122 valence electrons. The molecule has 0 unspecified atom stereocenters. The van der Waals surface area contributed by atoms with Gasteiger partial charge in [0.15, 0.2) is 0 Å². The Morgan fingerprint density at radius 1 is 0.750 bits per heavy atom. The summed E-state index contributed by atoms with van der Waals surface area (Å²) in [6.45, 7) is 0.790. The molecule has 2 N–H and O–H groups in total. The van der Waals surface area contributed by atoms with Gasteiger partial charge in [0.1, 0.15) is 18.2 Å². The highest BCUT2D eigenvalue weighted by Crippen LogP contribution is 2.20. The first-order valence-electron chi connectivity index (χ1n) is 7.81. The van der Waals surface area contributed by atoms with Crippen molar-refractivity contribution in [3.05, 3.63) is 95.8 Å². The lowest BCUT2D eigenvalue weighted by molar-refractivity contribution is 0.296. The molecular weight excluding hydrogens is 303 g/mol. The fourth-order valence-electron chi connectivity index (χ4n) is 2.32. The lowest BCUT2D eigenvalue weighted by Gasteiger charge is -2.13. The second kappa shape index (κ2) is 8.13. The van der Waals surface area contributed by atoms with Crippen LogP contribution in [-0.2, 0) is 13.2 Å². The van der Waals surface area contributed by atoms with Crippen LogP contribution in [0.15, 0.2) is 78.9 Å². The molecule has 3 nitrogen and oxygen atoms in total. The molecule has 0 saturated heterocycles. The maximum Gasteiger partial charge on any atom is 0.129 e. The predicted molar refractivity (Wildman–Crippen MR) is 94.1 cm³/mol. The SMILES string of the molecule is Fc1ccccc1COc1ccccc1CNNc1ccccc1. The second-order valence-corrected chi connectivity index (χ2v) is 5.33. The molecule has 24 heavy (non-hydrogen) atoms. The predicted octanol–water partition coefficient (Wildman–Crippen LogP) is 4.52. The van der Waals surface area contributed by atoms with E-state index >= 15 is 0 Å². The van der Waals surface area contributed by atoms with E-state index < -0.39 is 0 Å². The third kappa shape index (κ3) is 4.33. The molecule has 0 aliphatic carbocycles. The summed E-state index contributed by atoms with van der Waals surface area (Å²) in [6.07, 6.45) is 0. The van der Waals surface area contributed by atoms with Crippen LogP contribution in [0.1, 0.15) is 11.1 Å². The van der Waals surface area contributed by atoms with Crippen LogP contribution in [0, 0.1) is 5.82 Å². The summed E-state index contributed by atoms with van der Waals surface area (Å²) in [7, 11) is 0. The van der Waals surface area contributed by atoms with Crippen LogP contribution in [0.3, 0.4) is 0 Å². The number of hydrazine groups is 1. The van der Waals surface area contributed by atoms with Crippen LogP contribution in [0.5, 0.6) is 5.75 Å². The number of anilines is 1. The normalized spacial score (nSPS) is 10.4. The van der Waals surface area contributed by atoms with Crippen molar-refractivity contribution in [2.24, 2.45) is 0 Å². The average molecular weight is 322 g/mol. The lowest BCUT2D eigenvalue weighted by Crippen LogP contribution is -2.21. The monoisotopic (exact) mass is 322 g/mol. The van der Waals surface area contributed by atoms with E-state index in [1.54, 1.807) is 18.2 Å². The van der Waals surface area contributed by atoms with Gasteiger partial charge in [-0.3, -0.25) is 0 Å². The third-order valence-corrected chi connectivity index (χ3v) is 3.60. The zero-order chi connectivity index (χ0) is 16.6. The number of nitrogens with one attached hydrogen (secondary N) is 2. The van der Waals surface area contributed by atoms with Gasteiger partial charge in [-0.2, -0.15) is 0 Å². The number of halogens is 1. The number of hydrogen-bond acceptors (Lipinski definition) is 3. The number of rotatable bonds is 7. The zero-order valence-corrected chi connectivity index (χ0v) is 13.2. The van der Waals surface area contributed by atoms with Gasteiger partial charge in [0, 0.05) is 23.4 Å². The van der Waals surface area contributed by atoms with Crippen LogP contribution in [0.4, 0.5) is 10.1 Å². The Kier molecular flexibility index (Phi) is 5.43. The molecule has 0 aliphatic heterocycles. The number of ether oxygens (including phenoxy) is 1. The fraction of sp³-hybridized carbons (Fsp3) is 0.100. The molecule has 0 aromatic heterocycles. The van der Waals surface area contributed by atoms with Crippen molar-refractivity contribution in [3.8, 4) is 5.75 Å². The molecule has 0 radical (unpaired) electrons. The maximum atomic E-state index is 13.7. The van der Waals surface area contributed by atoms with Crippen molar-refractivity contribution >= 4 is 5.69 Å². The Labute approximate surface area is 141 Å². The van der Waals surface area contributed by atoms with Gasteiger partial charge in [0.2, 0.25) is 0 Å². The quantitative estimate of drug-likeness (QED) is 0.627. The van der Waals surface area contributed by atoms with E-state index in [2.05, 4.69) is 10.9 Å². The molecule has 0 atom stereocenters. The van der Waals surface area contributed by atoms with Crippen molar-refractivity contribution in [2.45, 2.75) is 13.2 Å². The van der Waals surface area contributed by atoms with E-state index in [0.29, 0.717) is 12.1 Å². The van der Waals surface area contributed by atoms with Gasteiger partial charge in [-0.05, 0) is 24.3 Å². The maximum absolute atomic E-state index is 13.7. The molecule has 0 saturated carbocycles. The summed E-state index contributed by atoms with van der Waals surface area (Å²) in [6, 6.07) is 24.2.